The fourth-order valence-electron chi connectivity index (χ4n) is 1.55. The van der Waals surface area contributed by atoms with Crippen LogP contribution in [-0.4, -0.2) is 31.1 Å². The number of nitrogens with zero attached hydrogens (tertiary/aromatic N) is 1. The summed E-state index contributed by atoms with van der Waals surface area (Å²) < 4.78 is 18.1. The molecule has 0 aliphatic carbocycles. The molecule has 0 radical (unpaired) electrons. The highest BCUT2D eigenvalue weighted by atomic mass is 19.1. The van der Waals surface area contributed by atoms with Gasteiger partial charge in [0.15, 0.2) is 0 Å². The SMILES string of the molecule is CCN(CC)CCCOc1ccc(F)cc1. The molecule has 16 heavy (non-hydrogen) atoms. The zero-order chi connectivity index (χ0) is 11.8. The van der Waals surface area contributed by atoms with Crippen LogP contribution in [0.4, 0.5) is 4.39 Å². The maximum Gasteiger partial charge on any atom is 0.123 e. The quantitative estimate of drug-likeness (QED) is 0.661. The molecule has 1 aromatic rings. The molecule has 0 aliphatic rings. The van der Waals surface area contributed by atoms with Crippen LogP contribution in [0.1, 0.15) is 20.3 Å². The molecule has 0 amide bonds. The van der Waals surface area contributed by atoms with Gasteiger partial charge in [-0.05, 0) is 43.8 Å². The first-order valence-electron chi connectivity index (χ1n) is 5.87. The molecule has 90 valence electrons. The third kappa shape index (κ3) is 4.62. The lowest BCUT2D eigenvalue weighted by Gasteiger charge is -2.17. The number of hydrogen-bond acceptors (Lipinski definition) is 2. The van der Waals surface area contributed by atoms with Gasteiger partial charge in [-0.3, -0.25) is 0 Å². The van der Waals surface area contributed by atoms with E-state index in [9.17, 15) is 4.39 Å². The Kier molecular flexibility index (Phi) is 5.86. The summed E-state index contributed by atoms with van der Waals surface area (Å²) in [4.78, 5) is 2.36. The minimum absolute atomic E-state index is 0.226. The fraction of sp³-hybridized carbons (Fsp3) is 0.538. The molecule has 0 unspecified atom stereocenters. The van der Waals surface area contributed by atoms with Crippen molar-refractivity contribution in [3.63, 3.8) is 0 Å². The summed E-state index contributed by atoms with van der Waals surface area (Å²) in [5.41, 5.74) is 0. The van der Waals surface area contributed by atoms with Crippen molar-refractivity contribution >= 4 is 0 Å². The van der Waals surface area contributed by atoms with Gasteiger partial charge in [0.05, 0.1) is 6.61 Å². The molecule has 0 N–H and O–H groups in total. The molecule has 0 atom stereocenters. The Morgan fingerprint density at radius 2 is 1.75 bits per heavy atom. The van der Waals surface area contributed by atoms with E-state index in [2.05, 4.69) is 18.7 Å². The van der Waals surface area contributed by atoms with E-state index < -0.39 is 0 Å². The first-order chi connectivity index (χ1) is 7.76. The third-order valence-electron chi connectivity index (χ3n) is 2.60. The Morgan fingerprint density at radius 3 is 2.31 bits per heavy atom. The molecule has 2 nitrogen and oxygen atoms in total. The normalized spacial score (nSPS) is 10.8. The van der Waals surface area contributed by atoms with E-state index in [1.54, 1.807) is 12.1 Å². The average Bonchev–Trinajstić information content (AvgIpc) is 2.32. The lowest BCUT2D eigenvalue weighted by atomic mass is 10.3. The first-order valence-corrected chi connectivity index (χ1v) is 5.87. The zero-order valence-corrected chi connectivity index (χ0v) is 10.1. The lowest BCUT2D eigenvalue weighted by Crippen LogP contribution is -2.25. The molecule has 1 aromatic carbocycles. The number of hydrogen-bond donors (Lipinski definition) is 0. The molecule has 0 aromatic heterocycles. The van der Waals surface area contributed by atoms with E-state index in [-0.39, 0.29) is 5.82 Å². The number of halogens is 1. The fourth-order valence-corrected chi connectivity index (χ4v) is 1.55. The second-order valence-corrected chi connectivity index (χ2v) is 3.68. The molecular weight excluding hydrogens is 205 g/mol. The van der Waals surface area contributed by atoms with Gasteiger partial charge < -0.3 is 9.64 Å². The van der Waals surface area contributed by atoms with Crippen molar-refractivity contribution in [2.45, 2.75) is 20.3 Å². The summed E-state index contributed by atoms with van der Waals surface area (Å²) >= 11 is 0. The van der Waals surface area contributed by atoms with E-state index in [0.29, 0.717) is 6.61 Å². The first kappa shape index (κ1) is 13.0. The smallest absolute Gasteiger partial charge is 0.123 e. The minimum Gasteiger partial charge on any atom is -0.494 e. The van der Waals surface area contributed by atoms with Gasteiger partial charge >= 0.3 is 0 Å². The van der Waals surface area contributed by atoms with Crippen molar-refractivity contribution in [3.05, 3.63) is 30.1 Å². The predicted molar refractivity (Wildman–Crippen MR) is 64.3 cm³/mol. The van der Waals surface area contributed by atoms with Crippen molar-refractivity contribution in [1.29, 1.82) is 0 Å². The average molecular weight is 225 g/mol. The van der Waals surface area contributed by atoms with Gasteiger partial charge in [-0.1, -0.05) is 13.8 Å². The standard InChI is InChI=1S/C13H20FNO/c1-3-15(4-2)10-5-11-16-13-8-6-12(14)7-9-13/h6-9H,3-5,10-11H2,1-2H3. The monoisotopic (exact) mass is 225 g/mol. The molecule has 0 fully saturated rings. The largest absolute Gasteiger partial charge is 0.494 e. The molecule has 0 heterocycles. The van der Waals surface area contributed by atoms with Crippen molar-refractivity contribution in [2.75, 3.05) is 26.2 Å². The van der Waals surface area contributed by atoms with Gasteiger partial charge in [-0.2, -0.15) is 0 Å². The van der Waals surface area contributed by atoms with Gasteiger partial charge in [0.1, 0.15) is 11.6 Å². The summed E-state index contributed by atoms with van der Waals surface area (Å²) in [6.45, 7) is 8.20. The van der Waals surface area contributed by atoms with Crippen molar-refractivity contribution in [3.8, 4) is 5.75 Å². The van der Waals surface area contributed by atoms with Gasteiger partial charge in [0, 0.05) is 6.54 Å². The highest BCUT2D eigenvalue weighted by Gasteiger charge is 1.99. The van der Waals surface area contributed by atoms with Gasteiger partial charge in [0.2, 0.25) is 0 Å². The summed E-state index contributed by atoms with van der Waals surface area (Å²) in [6.07, 6.45) is 0.999. The van der Waals surface area contributed by atoms with Crippen LogP contribution in [0.15, 0.2) is 24.3 Å². The van der Waals surface area contributed by atoms with Gasteiger partial charge in [-0.15, -0.1) is 0 Å². The van der Waals surface area contributed by atoms with Crippen LogP contribution in [0.3, 0.4) is 0 Å². The molecule has 0 bridgehead atoms. The predicted octanol–water partition coefficient (Wildman–Crippen LogP) is 2.94. The second kappa shape index (κ2) is 7.23. The maximum atomic E-state index is 12.6. The molecule has 1 rings (SSSR count). The summed E-state index contributed by atoms with van der Waals surface area (Å²) in [5, 5.41) is 0. The van der Waals surface area contributed by atoms with Gasteiger partial charge in [-0.25, -0.2) is 4.39 Å². The van der Waals surface area contributed by atoms with E-state index in [4.69, 9.17) is 4.74 Å². The highest BCUT2D eigenvalue weighted by molar-refractivity contribution is 5.21. The molecule has 3 heteroatoms. The third-order valence-corrected chi connectivity index (χ3v) is 2.60. The second-order valence-electron chi connectivity index (χ2n) is 3.68. The topological polar surface area (TPSA) is 12.5 Å². The van der Waals surface area contributed by atoms with E-state index in [1.807, 2.05) is 0 Å². The Bertz CT molecular complexity index is 282. The molecule has 0 aliphatic heterocycles. The minimum atomic E-state index is -0.226. The summed E-state index contributed by atoms with van der Waals surface area (Å²) in [6, 6.07) is 6.15. The number of ether oxygens (including phenoxy) is 1. The summed E-state index contributed by atoms with van der Waals surface area (Å²) in [7, 11) is 0. The van der Waals surface area contributed by atoms with Crippen molar-refractivity contribution < 1.29 is 9.13 Å². The van der Waals surface area contributed by atoms with E-state index in [1.165, 1.54) is 12.1 Å². The summed E-state index contributed by atoms with van der Waals surface area (Å²) in [5.74, 6) is 0.511. The lowest BCUT2D eigenvalue weighted by molar-refractivity contribution is 0.249. The van der Waals surface area contributed by atoms with Gasteiger partial charge in [0.25, 0.3) is 0 Å². The van der Waals surface area contributed by atoms with Crippen LogP contribution in [0.5, 0.6) is 5.75 Å². The number of benzene rings is 1. The van der Waals surface area contributed by atoms with Crippen molar-refractivity contribution in [1.82, 2.24) is 4.90 Å². The van der Waals surface area contributed by atoms with E-state index in [0.717, 1.165) is 31.8 Å². The molecular formula is C13H20FNO. The van der Waals surface area contributed by atoms with Crippen LogP contribution in [0.25, 0.3) is 0 Å². The van der Waals surface area contributed by atoms with Crippen LogP contribution < -0.4 is 4.74 Å². The zero-order valence-electron chi connectivity index (χ0n) is 10.1. The van der Waals surface area contributed by atoms with Crippen LogP contribution >= 0.6 is 0 Å². The Morgan fingerprint density at radius 1 is 1.12 bits per heavy atom. The molecule has 0 saturated heterocycles. The van der Waals surface area contributed by atoms with E-state index >= 15 is 0 Å². The highest BCUT2D eigenvalue weighted by Crippen LogP contribution is 2.11. The van der Waals surface area contributed by atoms with Crippen LogP contribution in [0.2, 0.25) is 0 Å². The van der Waals surface area contributed by atoms with Crippen LogP contribution in [0, 0.1) is 5.82 Å². The Balaban J connectivity index is 2.18. The Hall–Kier alpha value is -1.09. The Labute approximate surface area is 97.0 Å². The number of rotatable bonds is 7. The van der Waals surface area contributed by atoms with Crippen molar-refractivity contribution in [2.24, 2.45) is 0 Å². The molecule has 0 spiro atoms. The molecule has 0 saturated carbocycles. The maximum absolute atomic E-state index is 12.6. The van der Waals surface area contributed by atoms with Crippen LogP contribution in [-0.2, 0) is 0 Å².